The quantitative estimate of drug-likeness (QED) is 0.845. The van der Waals surface area contributed by atoms with Crippen molar-refractivity contribution >= 4 is 15.7 Å². The van der Waals surface area contributed by atoms with Crippen LogP contribution in [0, 0.1) is 0 Å². The molecule has 1 fully saturated rings. The zero-order valence-electron chi connectivity index (χ0n) is 14.2. The Morgan fingerprint density at radius 3 is 2.32 bits per heavy atom. The lowest BCUT2D eigenvalue weighted by Crippen LogP contribution is -2.36. The highest BCUT2D eigenvalue weighted by molar-refractivity contribution is 7.90. The van der Waals surface area contributed by atoms with E-state index in [0.717, 1.165) is 25.7 Å². The van der Waals surface area contributed by atoms with Crippen molar-refractivity contribution in [3.05, 3.63) is 65.2 Å². The van der Waals surface area contributed by atoms with Gasteiger partial charge in [-0.1, -0.05) is 24.3 Å². The molecule has 1 amide bonds. The van der Waals surface area contributed by atoms with E-state index in [2.05, 4.69) is 18.2 Å². The number of benzene rings is 2. The van der Waals surface area contributed by atoms with E-state index in [1.165, 1.54) is 29.5 Å². The zero-order valence-corrected chi connectivity index (χ0v) is 15.0. The van der Waals surface area contributed by atoms with Crippen LogP contribution in [-0.4, -0.2) is 31.5 Å². The normalized spacial score (nSPS) is 19.5. The first-order valence-corrected chi connectivity index (χ1v) is 10.5. The second-order valence-corrected chi connectivity index (χ2v) is 9.01. The first-order valence-electron chi connectivity index (χ1n) is 8.66. The predicted octanol–water partition coefficient (Wildman–Crippen LogP) is 3.38. The van der Waals surface area contributed by atoms with Gasteiger partial charge in [0.05, 0.1) is 10.9 Å². The lowest BCUT2D eigenvalue weighted by atomic mass is 10.1. The topological polar surface area (TPSA) is 54.5 Å². The van der Waals surface area contributed by atoms with Crippen LogP contribution < -0.4 is 0 Å². The third kappa shape index (κ3) is 3.09. The summed E-state index contributed by atoms with van der Waals surface area (Å²) in [6.45, 7) is 0. The Hall–Kier alpha value is -2.14. The van der Waals surface area contributed by atoms with Gasteiger partial charge in [0.1, 0.15) is 0 Å². The van der Waals surface area contributed by atoms with Gasteiger partial charge in [-0.05, 0) is 61.1 Å². The smallest absolute Gasteiger partial charge is 0.254 e. The molecule has 0 saturated heterocycles. The fraction of sp³-hybridized carbons (Fsp3) is 0.350. The van der Waals surface area contributed by atoms with Crippen molar-refractivity contribution in [1.29, 1.82) is 0 Å². The minimum absolute atomic E-state index is 0.00394. The SMILES string of the molecule is CS(=O)(=O)c1ccc(C(=O)N(C2CC2)[C@H]2CCc3ccccc32)cc1. The molecule has 0 aliphatic heterocycles. The van der Waals surface area contributed by atoms with Gasteiger partial charge in [0.2, 0.25) is 0 Å². The highest BCUT2D eigenvalue weighted by Crippen LogP contribution is 2.42. The molecular weight excluding hydrogens is 334 g/mol. The molecule has 4 rings (SSSR count). The van der Waals surface area contributed by atoms with Crippen LogP contribution in [0.2, 0.25) is 0 Å². The summed E-state index contributed by atoms with van der Waals surface area (Å²) < 4.78 is 23.2. The van der Waals surface area contributed by atoms with Crippen LogP contribution in [0.4, 0.5) is 0 Å². The highest BCUT2D eigenvalue weighted by Gasteiger charge is 2.40. The van der Waals surface area contributed by atoms with E-state index in [0.29, 0.717) is 11.6 Å². The van der Waals surface area contributed by atoms with E-state index in [1.807, 2.05) is 11.0 Å². The van der Waals surface area contributed by atoms with Crippen LogP contribution in [0.15, 0.2) is 53.4 Å². The van der Waals surface area contributed by atoms with Crippen molar-refractivity contribution in [1.82, 2.24) is 4.90 Å². The van der Waals surface area contributed by atoms with Crippen molar-refractivity contribution in [2.24, 2.45) is 0 Å². The minimum atomic E-state index is -3.25. The van der Waals surface area contributed by atoms with Crippen LogP contribution >= 0.6 is 0 Å². The summed E-state index contributed by atoms with van der Waals surface area (Å²) in [4.78, 5) is 15.4. The Balaban J connectivity index is 1.65. The van der Waals surface area contributed by atoms with Gasteiger partial charge in [-0.3, -0.25) is 4.79 Å². The van der Waals surface area contributed by atoms with Crippen molar-refractivity contribution in [3.8, 4) is 0 Å². The summed E-state index contributed by atoms with van der Waals surface area (Å²) in [6, 6.07) is 15.1. The molecule has 2 aliphatic carbocycles. The molecule has 2 aromatic carbocycles. The van der Waals surface area contributed by atoms with Gasteiger partial charge in [-0.2, -0.15) is 0 Å². The van der Waals surface area contributed by atoms with Crippen molar-refractivity contribution < 1.29 is 13.2 Å². The van der Waals surface area contributed by atoms with E-state index < -0.39 is 9.84 Å². The molecule has 0 spiro atoms. The van der Waals surface area contributed by atoms with Crippen molar-refractivity contribution in [3.63, 3.8) is 0 Å². The second kappa shape index (κ2) is 5.99. The molecule has 0 aromatic heterocycles. The second-order valence-electron chi connectivity index (χ2n) is 6.99. The molecule has 1 saturated carbocycles. The van der Waals surface area contributed by atoms with Crippen molar-refractivity contribution in [2.75, 3.05) is 6.26 Å². The number of hydrogen-bond donors (Lipinski definition) is 0. The Morgan fingerprint density at radius 2 is 1.68 bits per heavy atom. The maximum atomic E-state index is 13.2. The standard InChI is InChI=1S/C20H21NO3S/c1-25(23,24)17-11-6-15(7-12-17)20(22)21(16-9-10-16)19-13-8-14-4-2-3-5-18(14)19/h2-7,11-12,16,19H,8-10,13H2,1H3/t19-/m0/s1. The number of aryl methyl sites for hydroxylation is 1. The van der Waals surface area contributed by atoms with Gasteiger partial charge in [-0.15, -0.1) is 0 Å². The molecule has 130 valence electrons. The van der Waals surface area contributed by atoms with Crippen molar-refractivity contribution in [2.45, 2.75) is 42.7 Å². The Kier molecular flexibility index (Phi) is 3.91. The summed E-state index contributed by atoms with van der Waals surface area (Å²) in [6.07, 6.45) is 5.24. The fourth-order valence-electron chi connectivity index (χ4n) is 3.73. The molecule has 1 atom stereocenters. The van der Waals surface area contributed by atoms with Crippen LogP contribution in [0.1, 0.15) is 46.8 Å². The number of carbonyl (C=O) groups is 1. The maximum absolute atomic E-state index is 13.2. The average Bonchev–Trinajstić information content (AvgIpc) is 3.34. The summed E-state index contributed by atoms with van der Waals surface area (Å²) in [5, 5.41) is 0. The average molecular weight is 355 g/mol. The summed E-state index contributed by atoms with van der Waals surface area (Å²) >= 11 is 0. The molecule has 0 heterocycles. The predicted molar refractivity (Wildman–Crippen MR) is 96.2 cm³/mol. The van der Waals surface area contributed by atoms with E-state index in [9.17, 15) is 13.2 Å². The molecule has 4 nitrogen and oxygen atoms in total. The summed E-state index contributed by atoms with van der Waals surface area (Å²) in [7, 11) is -3.25. The summed E-state index contributed by atoms with van der Waals surface area (Å²) in [5.41, 5.74) is 3.15. The van der Waals surface area contributed by atoms with Gasteiger partial charge in [0, 0.05) is 17.9 Å². The number of rotatable bonds is 4. The fourth-order valence-corrected chi connectivity index (χ4v) is 4.36. The van der Waals surface area contributed by atoms with E-state index >= 15 is 0 Å². The molecule has 2 aliphatic rings. The molecule has 5 heteroatoms. The van der Waals surface area contributed by atoms with Crippen LogP contribution in [0.25, 0.3) is 0 Å². The third-order valence-electron chi connectivity index (χ3n) is 5.14. The number of nitrogens with zero attached hydrogens (tertiary/aromatic N) is 1. The first-order chi connectivity index (χ1) is 11.9. The summed E-state index contributed by atoms with van der Waals surface area (Å²) in [5.74, 6) is 0.00394. The van der Waals surface area contributed by atoms with E-state index in [-0.39, 0.29) is 16.8 Å². The van der Waals surface area contributed by atoms with Gasteiger partial charge < -0.3 is 4.90 Å². The molecule has 0 radical (unpaired) electrons. The third-order valence-corrected chi connectivity index (χ3v) is 6.27. The number of hydrogen-bond acceptors (Lipinski definition) is 3. The first kappa shape index (κ1) is 16.3. The Morgan fingerprint density at radius 1 is 1.00 bits per heavy atom. The molecule has 0 unspecified atom stereocenters. The van der Waals surface area contributed by atoms with Crippen LogP contribution in [0.5, 0.6) is 0 Å². The van der Waals surface area contributed by atoms with Gasteiger partial charge >= 0.3 is 0 Å². The van der Waals surface area contributed by atoms with E-state index in [4.69, 9.17) is 0 Å². The van der Waals surface area contributed by atoms with Gasteiger partial charge in [0.25, 0.3) is 5.91 Å². The highest BCUT2D eigenvalue weighted by atomic mass is 32.2. The van der Waals surface area contributed by atoms with Gasteiger partial charge in [-0.25, -0.2) is 8.42 Å². The monoisotopic (exact) mass is 355 g/mol. The lowest BCUT2D eigenvalue weighted by Gasteiger charge is -2.30. The minimum Gasteiger partial charge on any atom is -0.329 e. The van der Waals surface area contributed by atoms with E-state index in [1.54, 1.807) is 12.1 Å². The number of sulfone groups is 1. The number of carbonyl (C=O) groups excluding carboxylic acids is 1. The zero-order chi connectivity index (χ0) is 17.6. The number of amides is 1. The molecule has 2 aromatic rings. The largest absolute Gasteiger partial charge is 0.329 e. The Bertz CT molecular complexity index is 914. The molecular formula is C20H21NO3S. The number of fused-ring (bicyclic) bond motifs is 1. The van der Waals surface area contributed by atoms with Crippen LogP contribution in [-0.2, 0) is 16.3 Å². The van der Waals surface area contributed by atoms with Gasteiger partial charge in [0.15, 0.2) is 9.84 Å². The van der Waals surface area contributed by atoms with Crippen LogP contribution in [0.3, 0.4) is 0 Å². The molecule has 0 bridgehead atoms. The maximum Gasteiger partial charge on any atom is 0.254 e. The lowest BCUT2D eigenvalue weighted by molar-refractivity contribution is 0.0658. The molecule has 25 heavy (non-hydrogen) atoms. The Labute approximate surface area is 148 Å². The molecule has 0 N–H and O–H groups in total.